The number of hydrogen-bond donors (Lipinski definition) is 1. The van der Waals surface area contributed by atoms with Gasteiger partial charge < -0.3 is 9.84 Å². The van der Waals surface area contributed by atoms with Crippen molar-refractivity contribution in [2.24, 2.45) is 0 Å². The summed E-state index contributed by atoms with van der Waals surface area (Å²) in [6.07, 6.45) is 0.648. The third kappa shape index (κ3) is 4.00. The normalized spacial score (nSPS) is 17.0. The van der Waals surface area contributed by atoms with Crippen molar-refractivity contribution >= 4 is 17.8 Å². The van der Waals surface area contributed by atoms with Crippen LogP contribution in [0.4, 0.5) is 0 Å². The molecule has 0 aliphatic carbocycles. The van der Waals surface area contributed by atoms with Crippen LogP contribution in [0.25, 0.3) is 0 Å². The number of carboxylic acids is 1. The summed E-state index contributed by atoms with van der Waals surface area (Å²) in [6.45, 7) is 7.67. The number of likely N-dealkylation sites (tertiary alicyclic amines) is 1. The summed E-state index contributed by atoms with van der Waals surface area (Å²) >= 11 is 0. The van der Waals surface area contributed by atoms with Gasteiger partial charge in [0.25, 0.3) is 0 Å². The maximum Gasteiger partial charge on any atom is 0.330 e. The van der Waals surface area contributed by atoms with E-state index in [1.54, 1.807) is 24.3 Å². The van der Waals surface area contributed by atoms with Crippen LogP contribution >= 0.6 is 0 Å². The number of rotatable bonds is 7. The zero-order chi connectivity index (χ0) is 18.8. The van der Waals surface area contributed by atoms with Gasteiger partial charge in [0, 0.05) is 6.42 Å². The molecule has 0 unspecified atom stereocenters. The molecule has 0 aromatic heterocycles. The molecule has 0 saturated carbocycles. The van der Waals surface area contributed by atoms with Crippen molar-refractivity contribution in [2.45, 2.75) is 64.5 Å². The monoisotopic (exact) mass is 347 g/mol. The Morgan fingerprint density at radius 1 is 1.16 bits per heavy atom. The van der Waals surface area contributed by atoms with Crippen molar-refractivity contribution in [1.29, 1.82) is 0 Å². The number of carbonyl (C=O) groups excluding carboxylic acids is 2. The van der Waals surface area contributed by atoms with Crippen LogP contribution < -0.4 is 4.74 Å². The second-order valence-corrected chi connectivity index (χ2v) is 7.42. The average molecular weight is 347 g/mol. The molecule has 0 bridgehead atoms. The highest BCUT2D eigenvalue weighted by atomic mass is 16.5. The zero-order valence-corrected chi connectivity index (χ0v) is 15.2. The molecule has 6 nitrogen and oxygen atoms in total. The maximum absolute atomic E-state index is 12.0. The van der Waals surface area contributed by atoms with Gasteiger partial charge in [0.05, 0.1) is 0 Å². The van der Waals surface area contributed by atoms with Crippen molar-refractivity contribution in [1.82, 2.24) is 4.90 Å². The minimum atomic E-state index is -1.52. The number of amides is 2. The highest BCUT2D eigenvalue weighted by Crippen LogP contribution is 2.33. The smallest absolute Gasteiger partial charge is 0.330 e. The lowest BCUT2D eigenvalue weighted by atomic mass is 9.82. The predicted octanol–water partition coefficient (Wildman–Crippen LogP) is 2.79. The van der Waals surface area contributed by atoms with Gasteiger partial charge in [0.15, 0.2) is 5.54 Å². The van der Waals surface area contributed by atoms with Gasteiger partial charge in [-0.25, -0.2) is 4.79 Å². The van der Waals surface area contributed by atoms with Crippen molar-refractivity contribution in [2.75, 3.05) is 0 Å². The first-order valence-electron chi connectivity index (χ1n) is 8.46. The summed E-state index contributed by atoms with van der Waals surface area (Å²) in [5.74, 6) is -1.31. The molecule has 2 amide bonds. The molecule has 1 N–H and O–H groups in total. The van der Waals surface area contributed by atoms with E-state index in [-0.39, 0.29) is 24.9 Å². The van der Waals surface area contributed by atoms with Crippen LogP contribution in [0.5, 0.6) is 5.75 Å². The van der Waals surface area contributed by atoms with Gasteiger partial charge in [0.2, 0.25) is 11.8 Å². The quantitative estimate of drug-likeness (QED) is 0.606. The molecule has 2 rings (SSSR count). The van der Waals surface area contributed by atoms with E-state index in [0.29, 0.717) is 12.2 Å². The number of hydrogen-bond acceptors (Lipinski definition) is 4. The second kappa shape index (κ2) is 6.86. The minimum absolute atomic E-state index is 0.0868. The highest BCUT2D eigenvalue weighted by molar-refractivity contribution is 6.17. The number of ether oxygens (including phenoxy) is 1. The van der Waals surface area contributed by atoms with Crippen molar-refractivity contribution < 1.29 is 24.2 Å². The van der Waals surface area contributed by atoms with Crippen molar-refractivity contribution in [3.63, 3.8) is 0 Å². The Labute approximate surface area is 147 Å². The molecule has 136 valence electrons. The molecule has 1 atom stereocenters. The summed E-state index contributed by atoms with van der Waals surface area (Å²) in [5, 5.41) is 9.82. The van der Waals surface area contributed by atoms with Crippen LogP contribution in [0.15, 0.2) is 24.3 Å². The van der Waals surface area contributed by atoms with Gasteiger partial charge in [-0.2, -0.15) is 0 Å². The molecule has 0 spiro atoms. The maximum atomic E-state index is 12.0. The highest BCUT2D eigenvalue weighted by Gasteiger charge is 2.54. The molecular formula is C19H25NO5. The van der Waals surface area contributed by atoms with E-state index in [4.69, 9.17) is 4.74 Å². The first-order valence-corrected chi connectivity index (χ1v) is 8.46. The number of nitrogens with zero attached hydrogens (tertiary/aromatic N) is 1. The van der Waals surface area contributed by atoms with E-state index in [1.165, 1.54) is 0 Å². The molecule has 1 saturated heterocycles. The fraction of sp³-hybridized carbons (Fsp3) is 0.526. The van der Waals surface area contributed by atoms with Gasteiger partial charge in [0.1, 0.15) is 17.8 Å². The van der Waals surface area contributed by atoms with Gasteiger partial charge in [-0.05, 0) is 44.9 Å². The van der Waals surface area contributed by atoms with Gasteiger partial charge in [-0.15, -0.1) is 0 Å². The number of benzene rings is 1. The lowest BCUT2D eigenvalue weighted by Crippen LogP contribution is -2.66. The van der Waals surface area contributed by atoms with Crippen LogP contribution in [0.2, 0.25) is 0 Å². The third-order valence-corrected chi connectivity index (χ3v) is 4.13. The summed E-state index contributed by atoms with van der Waals surface area (Å²) in [5.41, 5.74) is -1.11. The SMILES string of the molecule is CCC[C@](Cc1ccc(OC(C)(C)C)cc1)(C(=O)O)N1C(=O)CC1=O. The zero-order valence-electron chi connectivity index (χ0n) is 15.2. The van der Waals surface area contributed by atoms with E-state index >= 15 is 0 Å². The number of carboxylic acid groups (broad SMARTS) is 1. The Bertz CT molecular complexity index is 660. The van der Waals surface area contributed by atoms with Crippen LogP contribution in [0.3, 0.4) is 0 Å². The van der Waals surface area contributed by atoms with E-state index < -0.39 is 23.3 Å². The topological polar surface area (TPSA) is 83.9 Å². The van der Waals surface area contributed by atoms with Crippen molar-refractivity contribution in [3.8, 4) is 5.75 Å². The second-order valence-electron chi connectivity index (χ2n) is 7.42. The fourth-order valence-corrected chi connectivity index (χ4v) is 3.15. The molecule has 6 heteroatoms. The minimum Gasteiger partial charge on any atom is -0.488 e. The number of imide groups is 1. The molecular weight excluding hydrogens is 322 g/mol. The lowest BCUT2D eigenvalue weighted by molar-refractivity contribution is -0.176. The molecule has 1 aliphatic rings. The summed E-state index contributed by atoms with van der Waals surface area (Å²) in [6, 6.07) is 7.12. The first-order chi connectivity index (χ1) is 11.6. The van der Waals surface area contributed by atoms with Crippen LogP contribution in [-0.2, 0) is 20.8 Å². The Hall–Kier alpha value is -2.37. The predicted molar refractivity (Wildman–Crippen MR) is 92.3 cm³/mol. The molecule has 25 heavy (non-hydrogen) atoms. The summed E-state index contributed by atoms with van der Waals surface area (Å²) < 4.78 is 5.76. The molecule has 1 heterocycles. The summed E-state index contributed by atoms with van der Waals surface area (Å²) in [7, 11) is 0. The Balaban J connectivity index is 2.29. The third-order valence-electron chi connectivity index (χ3n) is 4.13. The molecule has 1 aromatic rings. The fourth-order valence-electron chi connectivity index (χ4n) is 3.15. The van der Waals surface area contributed by atoms with E-state index in [9.17, 15) is 19.5 Å². The van der Waals surface area contributed by atoms with Gasteiger partial charge in [-0.3, -0.25) is 14.5 Å². The largest absolute Gasteiger partial charge is 0.488 e. The Morgan fingerprint density at radius 3 is 2.12 bits per heavy atom. The van der Waals surface area contributed by atoms with E-state index in [0.717, 1.165) is 10.5 Å². The van der Waals surface area contributed by atoms with Crippen LogP contribution in [0.1, 0.15) is 52.5 Å². The molecule has 1 aromatic carbocycles. The first kappa shape index (κ1) is 19.0. The van der Waals surface area contributed by atoms with Gasteiger partial charge in [-0.1, -0.05) is 25.5 Å². The lowest BCUT2D eigenvalue weighted by Gasteiger charge is -2.44. The van der Waals surface area contributed by atoms with Crippen LogP contribution in [-0.4, -0.2) is 38.9 Å². The average Bonchev–Trinajstić information content (AvgIpc) is 2.47. The Morgan fingerprint density at radius 2 is 1.72 bits per heavy atom. The number of carbonyl (C=O) groups is 3. The number of aliphatic carboxylic acids is 1. The molecule has 1 fully saturated rings. The molecule has 0 radical (unpaired) electrons. The standard InChI is InChI=1S/C19H25NO5/c1-5-10-19(17(23)24,20-15(21)11-16(20)22)12-13-6-8-14(9-7-13)25-18(2,3)4/h6-9H,5,10-12H2,1-4H3,(H,23,24)/t19-/m0/s1. The van der Waals surface area contributed by atoms with Crippen LogP contribution in [0, 0.1) is 0 Å². The van der Waals surface area contributed by atoms with Crippen molar-refractivity contribution in [3.05, 3.63) is 29.8 Å². The van der Waals surface area contributed by atoms with E-state index in [1.807, 2.05) is 27.7 Å². The van der Waals surface area contributed by atoms with E-state index in [2.05, 4.69) is 0 Å². The summed E-state index contributed by atoms with van der Waals surface area (Å²) in [4.78, 5) is 36.7. The number of β-lactam (4-membered cyclic amide) rings is 2. The Kier molecular flexibility index (Phi) is 5.20. The van der Waals surface area contributed by atoms with Gasteiger partial charge >= 0.3 is 5.97 Å². The molecule has 1 aliphatic heterocycles.